The normalized spacial score (nSPS) is 15.7. The van der Waals surface area contributed by atoms with E-state index in [1.807, 2.05) is 60.7 Å². The van der Waals surface area contributed by atoms with E-state index in [0.29, 0.717) is 23.0 Å². The summed E-state index contributed by atoms with van der Waals surface area (Å²) in [5.74, 6) is 1.80. The van der Waals surface area contributed by atoms with Crippen molar-refractivity contribution in [2.24, 2.45) is 0 Å². The first-order valence-corrected chi connectivity index (χ1v) is 15.3. The highest BCUT2D eigenvalue weighted by Crippen LogP contribution is 2.57. The van der Waals surface area contributed by atoms with Crippen LogP contribution in [0.1, 0.15) is 49.9 Å². The molecule has 1 aliphatic carbocycles. The van der Waals surface area contributed by atoms with E-state index >= 15 is 0 Å². The summed E-state index contributed by atoms with van der Waals surface area (Å²) in [7, 11) is 0. The molecule has 0 saturated carbocycles. The van der Waals surface area contributed by atoms with Gasteiger partial charge in [0, 0.05) is 0 Å². The average Bonchev–Trinajstić information content (AvgIpc) is 3.32. The summed E-state index contributed by atoms with van der Waals surface area (Å²) in [5.41, 5.74) is 5.26. The molecule has 0 fully saturated rings. The Morgan fingerprint density at radius 2 is 0.800 bits per heavy atom. The van der Waals surface area contributed by atoms with Crippen LogP contribution in [-0.4, -0.2) is 71.3 Å². The number of hydrogen-bond donors (Lipinski definition) is 4. The fourth-order valence-corrected chi connectivity index (χ4v) is 5.81. The minimum absolute atomic E-state index is 0.0569. The number of benzene rings is 4. The van der Waals surface area contributed by atoms with Crippen molar-refractivity contribution in [1.82, 2.24) is 0 Å². The van der Waals surface area contributed by atoms with Gasteiger partial charge in [-0.05, 0) is 85.3 Å². The molecule has 4 unspecified atom stereocenters. The minimum Gasteiger partial charge on any atom is -0.487 e. The highest BCUT2D eigenvalue weighted by atomic mass is 16.5. The minimum atomic E-state index is -0.829. The smallest absolute Gasteiger partial charge is 0.161 e. The van der Waals surface area contributed by atoms with Crippen LogP contribution in [0.25, 0.3) is 11.1 Å². The molecule has 0 aliphatic heterocycles. The van der Waals surface area contributed by atoms with E-state index in [0.717, 1.165) is 33.4 Å². The molecule has 4 atom stereocenters. The maximum Gasteiger partial charge on any atom is 0.161 e. The Bertz CT molecular complexity index is 1470. The number of hydrogen-bond acceptors (Lipinski definition) is 8. The maximum absolute atomic E-state index is 10.1. The van der Waals surface area contributed by atoms with Gasteiger partial charge in [0.25, 0.3) is 0 Å². The van der Waals surface area contributed by atoms with Crippen LogP contribution in [0.15, 0.2) is 84.9 Å². The first-order chi connectivity index (χ1) is 21.6. The zero-order chi connectivity index (χ0) is 32.1. The lowest BCUT2D eigenvalue weighted by Crippen LogP contribution is -2.29. The third-order valence-corrected chi connectivity index (χ3v) is 7.63. The van der Waals surface area contributed by atoms with E-state index in [1.54, 1.807) is 27.7 Å². The van der Waals surface area contributed by atoms with Crippen LogP contribution in [0, 0.1) is 0 Å². The third kappa shape index (κ3) is 6.79. The Hall–Kier alpha value is -4.08. The van der Waals surface area contributed by atoms with Gasteiger partial charge in [0.1, 0.15) is 26.4 Å². The average molecular weight is 615 g/mol. The summed E-state index contributed by atoms with van der Waals surface area (Å²) < 4.78 is 24.0. The van der Waals surface area contributed by atoms with E-state index in [2.05, 4.69) is 24.3 Å². The summed E-state index contributed by atoms with van der Waals surface area (Å²) in [6.07, 6.45) is -2.77. The van der Waals surface area contributed by atoms with Crippen molar-refractivity contribution in [1.29, 1.82) is 0 Å². The molecule has 5 rings (SSSR count). The molecule has 0 aromatic heterocycles. The van der Waals surface area contributed by atoms with Crippen LogP contribution in [0.2, 0.25) is 0 Å². The Labute approximate surface area is 264 Å². The number of fused-ring (bicyclic) bond motifs is 3. The van der Waals surface area contributed by atoms with E-state index in [-0.39, 0.29) is 26.4 Å². The summed E-state index contributed by atoms with van der Waals surface area (Å²) in [4.78, 5) is 0. The van der Waals surface area contributed by atoms with E-state index in [1.165, 1.54) is 0 Å². The molecular weight excluding hydrogens is 572 g/mol. The zero-order valence-electron chi connectivity index (χ0n) is 26.1. The van der Waals surface area contributed by atoms with Gasteiger partial charge in [-0.25, -0.2) is 0 Å². The summed E-state index contributed by atoms with van der Waals surface area (Å²) in [6.45, 7) is 6.89. The lowest BCUT2D eigenvalue weighted by molar-refractivity contribution is 0.107. The van der Waals surface area contributed by atoms with Gasteiger partial charge in [-0.1, -0.05) is 60.7 Å². The van der Waals surface area contributed by atoms with Crippen molar-refractivity contribution in [3.8, 4) is 34.1 Å². The van der Waals surface area contributed by atoms with Crippen LogP contribution < -0.4 is 18.9 Å². The molecule has 4 N–H and O–H groups in total. The van der Waals surface area contributed by atoms with Gasteiger partial charge in [0.15, 0.2) is 23.0 Å². The molecule has 0 heterocycles. The Balaban J connectivity index is 1.77. The predicted molar refractivity (Wildman–Crippen MR) is 172 cm³/mol. The molecule has 8 nitrogen and oxygen atoms in total. The highest BCUT2D eigenvalue weighted by molar-refractivity contribution is 5.86. The van der Waals surface area contributed by atoms with Crippen molar-refractivity contribution in [2.75, 3.05) is 26.4 Å². The fraction of sp³-hybridized carbons (Fsp3) is 0.351. The maximum atomic E-state index is 10.1. The van der Waals surface area contributed by atoms with Crippen LogP contribution in [0.4, 0.5) is 0 Å². The number of ether oxygens (including phenoxy) is 4. The molecule has 0 spiro atoms. The van der Waals surface area contributed by atoms with Crippen LogP contribution >= 0.6 is 0 Å². The molecule has 4 aromatic carbocycles. The Morgan fingerprint density at radius 3 is 1.16 bits per heavy atom. The van der Waals surface area contributed by atoms with Gasteiger partial charge >= 0.3 is 0 Å². The third-order valence-electron chi connectivity index (χ3n) is 7.63. The lowest BCUT2D eigenvalue weighted by atomic mass is 9.67. The molecule has 8 heteroatoms. The quantitative estimate of drug-likeness (QED) is 0.137. The second-order valence-electron chi connectivity index (χ2n) is 11.8. The van der Waals surface area contributed by atoms with Crippen molar-refractivity contribution in [3.05, 3.63) is 107 Å². The standard InChI is InChI=1S/C37H42O8/c1-23(38)19-42-33-15-13-27(17-35(33)44-21-25(3)40)37(31-11-7-5-9-29(31)30-10-6-8-12-32(30)37)28-14-16-34(43-20-24(2)39)36(18-28)45-22-26(4)41/h5-18,23-26,38-41H,19-22H2,1-4H3. The summed E-state index contributed by atoms with van der Waals surface area (Å²) >= 11 is 0. The van der Waals surface area contributed by atoms with Crippen molar-refractivity contribution < 1.29 is 39.4 Å². The van der Waals surface area contributed by atoms with Crippen molar-refractivity contribution in [3.63, 3.8) is 0 Å². The summed E-state index contributed by atoms with van der Waals surface area (Å²) in [5, 5.41) is 39.9. The molecule has 0 amide bonds. The van der Waals surface area contributed by atoms with Gasteiger partial charge in [0.2, 0.25) is 0 Å². The monoisotopic (exact) mass is 614 g/mol. The van der Waals surface area contributed by atoms with Crippen LogP contribution in [0.5, 0.6) is 23.0 Å². The van der Waals surface area contributed by atoms with Crippen LogP contribution in [0.3, 0.4) is 0 Å². The topological polar surface area (TPSA) is 118 Å². The van der Waals surface area contributed by atoms with Crippen LogP contribution in [-0.2, 0) is 5.41 Å². The largest absolute Gasteiger partial charge is 0.487 e. The molecule has 0 bridgehead atoms. The molecule has 4 aromatic rings. The predicted octanol–water partition coefficient (Wildman–Crippen LogP) is 5.09. The Kier molecular flexibility index (Phi) is 9.99. The molecular formula is C37H42O8. The summed E-state index contributed by atoms with van der Waals surface area (Å²) in [6, 6.07) is 28.1. The lowest BCUT2D eigenvalue weighted by Gasteiger charge is -2.35. The number of aliphatic hydroxyl groups is 4. The first-order valence-electron chi connectivity index (χ1n) is 15.3. The van der Waals surface area contributed by atoms with Gasteiger partial charge < -0.3 is 39.4 Å². The molecule has 238 valence electrons. The van der Waals surface area contributed by atoms with Crippen molar-refractivity contribution in [2.45, 2.75) is 57.5 Å². The second-order valence-corrected chi connectivity index (χ2v) is 11.8. The second kappa shape index (κ2) is 13.9. The Morgan fingerprint density at radius 1 is 0.467 bits per heavy atom. The molecule has 0 radical (unpaired) electrons. The molecule has 45 heavy (non-hydrogen) atoms. The van der Waals surface area contributed by atoms with E-state index < -0.39 is 29.8 Å². The fourth-order valence-electron chi connectivity index (χ4n) is 5.81. The van der Waals surface area contributed by atoms with Gasteiger partial charge in [-0.2, -0.15) is 0 Å². The van der Waals surface area contributed by atoms with E-state index in [4.69, 9.17) is 18.9 Å². The molecule has 0 saturated heterocycles. The number of aliphatic hydroxyl groups excluding tert-OH is 4. The highest BCUT2D eigenvalue weighted by Gasteiger charge is 2.46. The van der Waals surface area contributed by atoms with Crippen molar-refractivity contribution >= 4 is 0 Å². The molecule has 1 aliphatic rings. The van der Waals surface area contributed by atoms with E-state index in [9.17, 15) is 20.4 Å². The van der Waals surface area contributed by atoms with Gasteiger partial charge in [0.05, 0.1) is 29.8 Å². The number of rotatable bonds is 14. The zero-order valence-corrected chi connectivity index (χ0v) is 26.1. The van der Waals surface area contributed by atoms with Gasteiger partial charge in [-0.15, -0.1) is 0 Å². The SMILES string of the molecule is CC(O)COc1ccc(C2(c3ccc(OCC(C)O)c(OCC(C)O)c3)c3ccccc3-c3ccccc32)cc1OCC(C)O. The van der Waals surface area contributed by atoms with Gasteiger partial charge in [-0.3, -0.25) is 0 Å². The first kappa shape index (κ1) is 32.3.